The van der Waals surface area contributed by atoms with Gasteiger partial charge in [0.1, 0.15) is 11.9 Å². The Kier molecular flexibility index (Phi) is 4.14. The number of fused-ring (bicyclic) bond motifs is 1. The normalized spacial score (nSPS) is 24.9. The highest BCUT2D eigenvalue weighted by Gasteiger charge is 2.26. The van der Waals surface area contributed by atoms with Gasteiger partial charge in [0, 0.05) is 24.6 Å². The number of ether oxygens (including phenoxy) is 1. The monoisotopic (exact) mass is 330 g/mol. The van der Waals surface area contributed by atoms with Crippen LogP contribution in [0.2, 0.25) is 5.02 Å². The first-order valence-corrected chi connectivity index (χ1v) is 9.04. The van der Waals surface area contributed by atoms with Gasteiger partial charge in [-0.15, -0.1) is 0 Å². The summed E-state index contributed by atoms with van der Waals surface area (Å²) in [5, 5.41) is 3.62. The third-order valence-corrected chi connectivity index (χ3v) is 5.60. The van der Waals surface area contributed by atoms with Crippen LogP contribution in [0.15, 0.2) is 17.0 Å². The van der Waals surface area contributed by atoms with Crippen LogP contribution < -0.4 is 14.8 Å². The maximum atomic E-state index is 12.4. The van der Waals surface area contributed by atoms with Crippen molar-refractivity contribution in [3.05, 3.63) is 22.7 Å². The first-order chi connectivity index (χ1) is 9.95. The van der Waals surface area contributed by atoms with Crippen molar-refractivity contribution in [3.63, 3.8) is 0 Å². The molecule has 0 spiro atoms. The molecule has 116 valence electrons. The van der Waals surface area contributed by atoms with E-state index in [0.29, 0.717) is 23.7 Å². The molecule has 21 heavy (non-hydrogen) atoms. The Hall–Kier alpha value is -0.820. The smallest absolute Gasteiger partial charge is 0.240 e. The van der Waals surface area contributed by atoms with Crippen LogP contribution in [0.3, 0.4) is 0 Å². The van der Waals surface area contributed by atoms with Crippen LogP contribution in [-0.4, -0.2) is 33.7 Å². The summed E-state index contributed by atoms with van der Waals surface area (Å²) in [5.41, 5.74) is 0.856. The third-order valence-electron chi connectivity index (χ3n) is 3.91. The number of hydrogen-bond donors (Lipinski definition) is 2. The molecule has 1 fully saturated rings. The maximum Gasteiger partial charge on any atom is 0.240 e. The zero-order valence-electron chi connectivity index (χ0n) is 11.9. The molecular weight excluding hydrogens is 312 g/mol. The highest BCUT2D eigenvalue weighted by molar-refractivity contribution is 7.89. The van der Waals surface area contributed by atoms with Crippen molar-refractivity contribution < 1.29 is 13.2 Å². The molecule has 0 bridgehead atoms. The van der Waals surface area contributed by atoms with Crippen molar-refractivity contribution in [2.45, 2.75) is 43.2 Å². The first kappa shape index (κ1) is 15.1. The zero-order chi connectivity index (χ0) is 15.0. The molecule has 0 saturated carbocycles. The van der Waals surface area contributed by atoms with Gasteiger partial charge in [-0.25, -0.2) is 13.1 Å². The number of rotatable bonds is 4. The minimum atomic E-state index is -3.54. The van der Waals surface area contributed by atoms with E-state index in [-0.39, 0.29) is 17.0 Å². The number of halogens is 1. The minimum absolute atomic E-state index is 0.0334. The average Bonchev–Trinajstić information content (AvgIpc) is 3.05. The van der Waals surface area contributed by atoms with Gasteiger partial charge in [-0.2, -0.15) is 0 Å². The Morgan fingerprint density at radius 2 is 2.29 bits per heavy atom. The van der Waals surface area contributed by atoms with Crippen molar-refractivity contribution in [3.8, 4) is 5.75 Å². The topological polar surface area (TPSA) is 67.4 Å². The fraction of sp³-hybridized carbons (Fsp3) is 0.571. The van der Waals surface area contributed by atoms with Gasteiger partial charge in [0.05, 0.1) is 9.92 Å². The number of benzene rings is 1. The SMILES string of the molecule is CC1Cc2cc(S(=O)(=O)NCC3CCCN3)cc(Cl)c2O1. The Morgan fingerprint density at radius 1 is 1.48 bits per heavy atom. The summed E-state index contributed by atoms with van der Waals surface area (Å²) in [6.45, 7) is 3.30. The van der Waals surface area contributed by atoms with Gasteiger partial charge in [0.25, 0.3) is 0 Å². The fourth-order valence-electron chi connectivity index (χ4n) is 2.84. The summed E-state index contributed by atoms with van der Waals surface area (Å²) < 4.78 is 33.0. The molecule has 2 N–H and O–H groups in total. The van der Waals surface area contributed by atoms with E-state index in [0.717, 1.165) is 24.9 Å². The lowest BCUT2D eigenvalue weighted by Crippen LogP contribution is -2.37. The average molecular weight is 331 g/mol. The Labute approximate surface area is 130 Å². The van der Waals surface area contributed by atoms with Crippen LogP contribution in [0.4, 0.5) is 0 Å². The van der Waals surface area contributed by atoms with Crippen LogP contribution in [0, 0.1) is 0 Å². The van der Waals surface area contributed by atoms with E-state index >= 15 is 0 Å². The van der Waals surface area contributed by atoms with Crippen LogP contribution in [0.5, 0.6) is 5.75 Å². The molecule has 2 aliphatic heterocycles. The Morgan fingerprint density at radius 3 is 3.00 bits per heavy atom. The van der Waals surface area contributed by atoms with Crippen LogP contribution >= 0.6 is 11.6 Å². The molecule has 2 unspecified atom stereocenters. The summed E-state index contributed by atoms with van der Waals surface area (Å²) in [7, 11) is -3.54. The molecule has 5 nitrogen and oxygen atoms in total. The molecule has 2 atom stereocenters. The van der Waals surface area contributed by atoms with Crippen molar-refractivity contribution in [1.29, 1.82) is 0 Å². The molecule has 1 aromatic carbocycles. The van der Waals surface area contributed by atoms with E-state index in [1.807, 2.05) is 6.92 Å². The summed E-state index contributed by atoms with van der Waals surface area (Å²) in [4.78, 5) is 0.210. The second-order valence-corrected chi connectivity index (χ2v) is 7.85. The van der Waals surface area contributed by atoms with Crippen molar-refractivity contribution >= 4 is 21.6 Å². The van der Waals surface area contributed by atoms with E-state index < -0.39 is 10.0 Å². The molecule has 7 heteroatoms. The third kappa shape index (κ3) is 3.18. The molecular formula is C14H19ClN2O3S. The summed E-state index contributed by atoms with van der Waals surface area (Å²) in [5.74, 6) is 0.612. The van der Waals surface area contributed by atoms with Crippen molar-refractivity contribution in [2.24, 2.45) is 0 Å². The summed E-state index contributed by atoms with van der Waals surface area (Å²) >= 11 is 6.14. The molecule has 2 aliphatic rings. The molecule has 3 rings (SSSR count). The quantitative estimate of drug-likeness (QED) is 0.881. The van der Waals surface area contributed by atoms with Gasteiger partial charge in [0.15, 0.2) is 0 Å². The second kappa shape index (κ2) is 5.76. The number of hydrogen-bond acceptors (Lipinski definition) is 4. The zero-order valence-corrected chi connectivity index (χ0v) is 13.4. The molecule has 1 aromatic rings. The van der Waals surface area contributed by atoms with E-state index in [9.17, 15) is 8.42 Å². The lowest BCUT2D eigenvalue weighted by atomic mass is 10.1. The van der Waals surface area contributed by atoms with Gasteiger partial charge < -0.3 is 10.1 Å². The van der Waals surface area contributed by atoms with E-state index in [2.05, 4.69) is 10.0 Å². The highest BCUT2D eigenvalue weighted by Crippen LogP contribution is 2.37. The van der Waals surface area contributed by atoms with Gasteiger partial charge in [-0.1, -0.05) is 11.6 Å². The largest absolute Gasteiger partial charge is 0.489 e. The molecule has 2 heterocycles. The van der Waals surface area contributed by atoms with Gasteiger partial charge in [-0.05, 0) is 38.4 Å². The van der Waals surface area contributed by atoms with Crippen molar-refractivity contribution in [2.75, 3.05) is 13.1 Å². The molecule has 0 radical (unpaired) electrons. The van der Waals surface area contributed by atoms with Gasteiger partial charge >= 0.3 is 0 Å². The van der Waals surface area contributed by atoms with Gasteiger partial charge in [-0.3, -0.25) is 0 Å². The number of sulfonamides is 1. The maximum absolute atomic E-state index is 12.4. The molecule has 0 amide bonds. The van der Waals surface area contributed by atoms with Crippen LogP contribution in [-0.2, 0) is 16.4 Å². The van der Waals surface area contributed by atoms with Crippen LogP contribution in [0.1, 0.15) is 25.3 Å². The Bertz CT molecular complexity index is 642. The predicted molar refractivity (Wildman–Crippen MR) is 81.5 cm³/mol. The lowest BCUT2D eigenvalue weighted by Gasteiger charge is -2.13. The molecule has 1 saturated heterocycles. The molecule has 0 aliphatic carbocycles. The summed E-state index contributed by atoms with van der Waals surface area (Å²) in [6, 6.07) is 3.34. The fourth-order valence-corrected chi connectivity index (χ4v) is 4.34. The highest BCUT2D eigenvalue weighted by atomic mass is 35.5. The van der Waals surface area contributed by atoms with E-state index in [1.165, 1.54) is 6.07 Å². The van der Waals surface area contributed by atoms with Crippen molar-refractivity contribution in [1.82, 2.24) is 10.0 Å². The standard InChI is InChI=1S/C14H19ClN2O3S/c1-9-5-10-6-12(7-13(15)14(10)20-9)21(18,19)17-8-11-3-2-4-16-11/h6-7,9,11,16-17H,2-5,8H2,1H3. The Balaban J connectivity index is 1.79. The summed E-state index contributed by atoms with van der Waals surface area (Å²) in [6.07, 6.45) is 2.80. The van der Waals surface area contributed by atoms with E-state index in [4.69, 9.17) is 16.3 Å². The predicted octanol–water partition coefficient (Wildman–Crippen LogP) is 1.69. The lowest BCUT2D eigenvalue weighted by molar-refractivity contribution is 0.255. The van der Waals surface area contributed by atoms with E-state index in [1.54, 1.807) is 6.07 Å². The van der Waals surface area contributed by atoms with Crippen LogP contribution in [0.25, 0.3) is 0 Å². The first-order valence-electron chi connectivity index (χ1n) is 7.18. The minimum Gasteiger partial charge on any atom is -0.489 e. The number of nitrogens with one attached hydrogen (secondary N) is 2. The molecule has 0 aromatic heterocycles. The van der Waals surface area contributed by atoms with Gasteiger partial charge in [0.2, 0.25) is 10.0 Å². The second-order valence-electron chi connectivity index (χ2n) is 5.67.